The summed E-state index contributed by atoms with van der Waals surface area (Å²) in [5, 5.41) is 5.07. The number of amides is 1. The van der Waals surface area contributed by atoms with Crippen LogP contribution in [0, 0.1) is 6.92 Å². The predicted octanol–water partition coefficient (Wildman–Crippen LogP) is 4.09. The molecule has 0 saturated carbocycles. The van der Waals surface area contributed by atoms with Gasteiger partial charge in [-0.1, -0.05) is 36.8 Å². The third-order valence-corrected chi connectivity index (χ3v) is 4.65. The standard InChI is InChI=1S/C20H19N3O3S/c1-3-17(26-19(25)15-5-4-10-21-11-15)18(24)23-20-22-16(12-27-20)14-8-6-13(2)7-9-14/h4-12,17H,3H2,1-2H3,(H,22,23,24). The lowest BCUT2D eigenvalue weighted by atomic mass is 10.1. The Balaban J connectivity index is 1.65. The lowest BCUT2D eigenvalue weighted by molar-refractivity contribution is -0.124. The van der Waals surface area contributed by atoms with Gasteiger partial charge in [-0.3, -0.25) is 15.1 Å². The maximum Gasteiger partial charge on any atom is 0.340 e. The number of anilines is 1. The van der Waals surface area contributed by atoms with E-state index in [0.717, 1.165) is 11.3 Å². The van der Waals surface area contributed by atoms with Gasteiger partial charge in [0.05, 0.1) is 11.3 Å². The summed E-state index contributed by atoms with van der Waals surface area (Å²) in [6, 6.07) is 11.2. The number of benzene rings is 1. The highest BCUT2D eigenvalue weighted by Crippen LogP contribution is 2.25. The molecule has 3 aromatic rings. The van der Waals surface area contributed by atoms with Crippen LogP contribution in [-0.4, -0.2) is 27.9 Å². The number of nitrogens with zero attached hydrogens (tertiary/aromatic N) is 2. The number of esters is 1. The molecule has 0 fully saturated rings. The fraction of sp³-hybridized carbons (Fsp3) is 0.200. The Kier molecular flexibility index (Phi) is 5.93. The highest BCUT2D eigenvalue weighted by Gasteiger charge is 2.23. The van der Waals surface area contributed by atoms with E-state index >= 15 is 0 Å². The van der Waals surface area contributed by atoms with Crippen LogP contribution < -0.4 is 5.32 Å². The van der Waals surface area contributed by atoms with E-state index in [1.807, 2.05) is 36.6 Å². The summed E-state index contributed by atoms with van der Waals surface area (Å²) in [6.07, 6.45) is 2.43. The van der Waals surface area contributed by atoms with Gasteiger partial charge in [-0.25, -0.2) is 9.78 Å². The second-order valence-corrected chi connectivity index (χ2v) is 6.80. The van der Waals surface area contributed by atoms with Crippen molar-refractivity contribution in [2.45, 2.75) is 26.4 Å². The first kappa shape index (κ1) is 18.7. The minimum Gasteiger partial charge on any atom is -0.449 e. The number of nitrogens with one attached hydrogen (secondary N) is 1. The van der Waals surface area contributed by atoms with Crippen molar-refractivity contribution in [1.29, 1.82) is 0 Å². The molecule has 138 valence electrons. The van der Waals surface area contributed by atoms with E-state index in [4.69, 9.17) is 4.74 Å². The molecule has 1 unspecified atom stereocenters. The normalized spacial score (nSPS) is 11.6. The average molecular weight is 381 g/mol. The van der Waals surface area contributed by atoms with Crippen molar-refractivity contribution in [3.05, 3.63) is 65.3 Å². The molecule has 0 radical (unpaired) electrons. The summed E-state index contributed by atoms with van der Waals surface area (Å²) in [4.78, 5) is 32.9. The van der Waals surface area contributed by atoms with Crippen LogP contribution in [0.25, 0.3) is 11.3 Å². The van der Waals surface area contributed by atoms with Gasteiger partial charge in [-0.15, -0.1) is 11.3 Å². The monoisotopic (exact) mass is 381 g/mol. The summed E-state index contributed by atoms with van der Waals surface area (Å²) in [5.41, 5.74) is 3.24. The van der Waals surface area contributed by atoms with E-state index in [1.165, 1.54) is 23.1 Å². The molecule has 0 saturated heterocycles. The highest BCUT2D eigenvalue weighted by atomic mass is 32.1. The van der Waals surface area contributed by atoms with E-state index < -0.39 is 18.0 Å². The number of carbonyl (C=O) groups excluding carboxylic acids is 2. The van der Waals surface area contributed by atoms with Crippen molar-refractivity contribution < 1.29 is 14.3 Å². The number of hydrogen-bond donors (Lipinski definition) is 1. The summed E-state index contributed by atoms with van der Waals surface area (Å²) >= 11 is 1.33. The van der Waals surface area contributed by atoms with Crippen LogP contribution in [0.1, 0.15) is 29.3 Å². The number of ether oxygens (including phenoxy) is 1. The van der Waals surface area contributed by atoms with Gasteiger partial charge in [0.2, 0.25) is 0 Å². The van der Waals surface area contributed by atoms with Gasteiger partial charge in [0.25, 0.3) is 5.91 Å². The molecule has 6 nitrogen and oxygen atoms in total. The van der Waals surface area contributed by atoms with Crippen LogP contribution in [0.3, 0.4) is 0 Å². The minimum atomic E-state index is -0.899. The van der Waals surface area contributed by atoms with Crippen molar-refractivity contribution in [2.24, 2.45) is 0 Å². The van der Waals surface area contributed by atoms with E-state index in [9.17, 15) is 9.59 Å². The van der Waals surface area contributed by atoms with Gasteiger partial charge in [-0.05, 0) is 25.5 Å². The number of thiazole rings is 1. The Morgan fingerprint density at radius 3 is 2.67 bits per heavy atom. The van der Waals surface area contributed by atoms with Crippen molar-refractivity contribution in [1.82, 2.24) is 9.97 Å². The topological polar surface area (TPSA) is 81.2 Å². The molecule has 0 aliphatic carbocycles. The van der Waals surface area contributed by atoms with Crippen LogP contribution in [0.15, 0.2) is 54.2 Å². The van der Waals surface area contributed by atoms with Crippen molar-refractivity contribution in [3.8, 4) is 11.3 Å². The molecule has 27 heavy (non-hydrogen) atoms. The minimum absolute atomic E-state index is 0.305. The van der Waals surface area contributed by atoms with Gasteiger partial charge in [0.1, 0.15) is 0 Å². The zero-order valence-corrected chi connectivity index (χ0v) is 15.8. The molecule has 1 amide bonds. The molecular weight excluding hydrogens is 362 g/mol. The van der Waals surface area contributed by atoms with Crippen molar-refractivity contribution in [3.63, 3.8) is 0 Å². The molecule has 7 heteroatoms. The second-order valence-electron chi connectivity index (χ2n) is 5.94. The molecule has 0 spiro atoms. The maximum atomic E-state index is 12.5. The van der Waals surface area contributed by atoms with Crippen molar-refractivity contribution in [2.75, 3.05) is 5.32 Å². The SMILES string of the molecule is CCC(OC(=O)c1cccnc1)C(=O)Nc1nc(-c2ccc(C)cc2)cs1. The molecule has 1 aromatic carbocycles. The van der Waals surface area contributed by atoms with E-state index in [-0.39, 0.29) is 0 Å². The first-order chi connectivity index (χ1) is 13.1. The van der Waals surface area contributed by atoms with E-state index in [1.54, 1.807) is 25.3 Å². The number of aromatic nitrogens is 2. The average Bonchev–Trinajstić information content (AvgIpc) is 3.15. The third kappa shape index (κ3) is 4.77. The van der Waals surface area contributed by atoms with Crippen LogP contribution in [0.4, 0.5) is 5.13 Å². The number of carbonyl (C=O) groups is 2. The predicted molar refractivity (Wildman–Crippen MR) is 105 cm³/mol. The van der Waals surface area contributed by atoms with Gasteiger partial charge < -0.3 is 4.74 Å². The number of pyridine rings is 1. The van der Waals surface area contributed by atoms with E-state index in [0.29, 0.717) is 17.1 Å². The Morgan fingerprint density at radius 1 is 1.22 bits per heavy atom. The fourth-order valence-corrected chi connectivity index (χ4v) is 3.10. The lowest BCUT2D eigenvalue weighted by Gasteiger charge is -2.14. The summed E-state index contributed by atoms with van der Waals surface area (Å²) in [6.45, 7) is 3.80. The molecular formula is C20H19N3O3S. The van der Waals surface area contributed by atoms with E-state index in [2.05, 4.69) is 15.3 Å². The summed E-state index contributed by atoms with van der Waals surface area (Å²) in [5.74, 6) is -0.982. The second kappa shape index (κ2) is 8.55. The lowest BCUT2D eigenvalue weighted by Crippen LogP contribution is -2.32. The summed E-state index contributed by atoms with van der Waals surface area (Å²) in [7, 11) is 0. The molecule has 0 aliphatic rings. The van der Waals surface area contributed by atoms with Crippen LogP contribution in [0.5, 0.6) is 0 Å². The first-order valence-electron chi connectivity index (χ1n) is 8.51. The Labute approximate surface area is 161 Å². The number of hydrogen-bond acceptors (Lipinski definition) is 6. The molecule has 3 rings (SSSR count). The third-order valence-electron chi connectivity index (χ3n) is 3.89. The van der Waals surface area contributed by atoms with Gasteiger partial charge in [-0.2, -0.15) is 0 Å². The fourth-order valence-electron chi connectivity index (χ4n) is 2.38. The smallest absolute Gasteiger partial charge is 0.340 e. The largest absolute Gasteiger partial charge is 0.449 e. The van der Waals surface area contributed by atoms with Gasteiger partial charge in [0, 0.05) is 23.3 Å². The van der Waals surface area contributed by atoms with Gasteiger partial charge >= 0.3 is 5.97 Å². The van der Waals surface area contributed by atoms with Crippen LogP contribution in [-0.2, 0) is 9.53 Å². The summed E-state index contributed by atoms with van der Waals surface area (Å²) < 4.78 is 5.31. The Bertz CT molecular complexity index is 923. The molecule has 0 bridgehead atoms. The molecule has 1 atom stereocenters. The van der Waals surface area contributed by atoms with Gasteiger partial charge in [0.15, 0.2) is 11.2 Å². The molecule has 1 N–H and O–H groups in total. The maximum absolute atomic E-state index is 12.5. The van der Waals surface area contributed by atoms with Crippen LogP contribution in [0.2, 0.25) is 0 Å². The van der Waals surface area contributed by atoms with Crippen molar-refractivity contribution >= 4 is 28.3 Å². The quantitative estimate of drug-likeness (QED) is 0.651. The highest BCUT2D eigenvalue weighted by molar-refractivity contribution is 7.14. The zero-order valence-electron chi connectivity index (χ0n) is 15.0. The molecule has 2 aromatic heterocycles. The van der Waals surface area contributed by atoms with Crippen LogP contribution >= 0.6 is 11.3 Å². The number of aryl methyl sites for hydroxylation is 1. The first-order valence-corrected chi connectivity index (χ1v) is 9.39. The molecule has 2 heterocycles. The Morgan fingerprint density at radius 2 is 2.00 bits per heavy atom. The number of rotatable bonds is 6. The zero-order chi connectivity index (χ0) is 19.2. The Hall–Kier alpha value is -3.06. The molecule has 0 aliphatic heterocycles.